The molecular formula is C10H8ClNS. The molecule has 0 aliphatic carbocycles. The summed E-state index contributed by atoms with van der Waals surface area (Å²) in [7, 11) is 0. The third-order valence-electron chi connectivity index (χ3n) is 1.96. The maximum atomic E-state index is 6.04. The molecule has 0 unspecified atom stereocenters. The second-order valence-corrected chi connectivity index (χ2v) is 3.79. The van der Waals surface area contributed by atoms with Gasteiger partial charge in [-0.1, -0.05) is 35.9 Å². The van der Waals surface area contributed by atoms with Crippen molar-refractivity contribution >= 4 is 34.3 Å². The Morgan fingerprint density at radius 1 is 1.00 bits per heavy atom. The van der Waals surface area contributed by atoms with Crippen molar-refractivity contribution in [3.63, 3.8) is 0 Å². The van der Waals surface area contributed by atoms with Crippen molar-refractivity contribution in [2.75, 3.05) is 0 Å². The van der Waals surface area contributed by atoms with Gasteiger partial charge in [-0.3, -0.25) is 5.14 Å². The highest BCUT2D eigenvalue weighted by Gasteiger charge is 2.01. The van der Waals surface area contributed by atoms with Crippen molar-refractivity contribution in [1.29, 1.82) is 0 Å². The predicted molar refractivity (Wildman–Crippen MR) is 59.0 cm³/mol. The highest BCUT2D eigenvalue weighted by molar-refractivity contribution is 7.97. The first-order chi connectivity index (χ1) is 6.33. The molecule has 2 aromatic carbocycles. The molecule has 0 saturated carbocycles. The Labute approximate surface area is 86.0 Å². The van der Waals surface area contributed by atoms with Gasteiger partial charge in [0.15, 0.2) is 0 Å². The van der Waals surface area contributed by atoms with Gasteiger partial charge in [-0.25, -0.2) is 0 Å². The van der Waals surface area contributed by atoms with E-state index in [9.17, 15) is 0 Å². The fraction of sp³-hybridized carbons (Fsp3) is 0. The summed E-state index contributed by atoms with van der Waals surface area (Å²) >= 11 is 7.28. The van der Waals surface area contributed by atoms with Crippen molar-refractivity contribution in [2.24, 2.45) is 5.14 Å². The lowest BCUT2D eigenvalue weighted by Gasteiger charge is -2.03. The zero-order valence-corrected chi connectivity index (χ0v) is 8.40. The molecule has 0 heterocycles. The molecule has 2 aromatic rings. The summed E-state index contributed by atoms with van der Waals surface area (Å²) in [5.41, 5.74) is 0. The topological polar surface area (TPSA) is 26.0 Å². The summed E-state index contributed by atoms with van der Waals surface area (Å²) in [5.74, 6) is 0. The third kappa shape index (κ3) is 1.53. The molecule has 0 aliphatic heterocycles. The molecule has 0 saturated heterocycles. The molecule has 0 aliphatic rings. The second kappa shape index (κ2) is 3.58. The number of benzene rings is 2. The van der Waals surface area contributed by atoms with E-state index in [0.29, 0.717) is 0 Å². The zero-order chi connectivity index (χ0) is 9.26. The predicted octanol–water partition coefficient (Wildman–Crippen LogP) is 3.46. The van der Waals surface area contributed by atoms with Crippen LogP contribution in [0.5, 0.6) is 0 Å². The van der Waals surface area contributed by atoms with E-state index >= 15 is 0 Å². The Morgan fingerprint density at radius 3 is 2.46 bits per heavy atom. The first-order valence-electron chi connectivity index (χ1n) is 3.87. The van der Waals surface area contributed by atoms with Crippen LogP contribution in [0.4, 0.5) is 0 Å². The smallest absolute Gasteiger partial charge is 0.0484 e. The van der Waals surface area contributed by atoms with Gasteiger partial charge in [0.25, 0.3) is 0 Å². The molecule has 0 fully saturated rings. The minimum absolute atomic E-state index is 0.772. The van der Waals surface area contributed by atoms with Crippen LogP contribution in [0.2, 0.25) is 5.02 Å². The van der Waals surface area contributed by atoms with Gasteiger partial charge in [0.2, 0.25) is 0 Å². The lowest BCUT2D eigenvalue weighted by Crippen LogP contribution is -1.82. The lowest BCUT2D eigenvalue weighted by molar-refractivity contribution is 1.54. The number of fused-ring (bicyclic) bond motifs is 1. The van der Waals surface area contributed by atoms with Gasteiger partial charge in [0.1, 0.15) is 0 Å². The zero-order valence-electron chi connectivity index (χ0n) is 6.83. The summed E-state index contributed by atoms with van der Waals surface area (Å²) in [6.45, 7) is 0. The molecule has 0 radical (unpaired) electrons. The van der Waals surface area contributed by atoms with Gasteiger partial charge in [-0.15, -0.1) is 0 Å². The Kier molecular flexibility index (Phi) is 2.44. The average Bonchev–Trinajstić information content (AvgIpc) is 2.18. The van der Waals surface area contributed by atoms with Crippen LogP contribution < -0.4 is 5.14 Å². The number of hydrogen-bond donors (Lipinski definition) is 1. The fourth-order valence-electron chi connectivity index (χ4n) is 1.35. The second-order valence-electron chi connectivity index (χ2n) is 2.71. The Morgan fingerprint density at radius 2 is 1.69 bits per heavy atom. The highest BCUT2D eigenvalue weighted by Crippen LogP contribution is 2.29. The number of halogens is 1. The van der Waals surface area contributed by atoms with Gasteiger partial charge < -0.3 is 0 Å². The van der Waals surface area contributed by atoms with E-state index in [-0.39, 0.29) is 0 Å². The van der Waals surface area contributed by atoms with Crippen LogP contribution in [0.15, 0.2) is 41.3 Å². The van der Waals surface area contributed by atoms with Crippen molar-refractivity contribution in [3.8, 4) is 0 Å². The molecule has 0 spiro atoms. The van der Waals surface area contributed by atoms with Crippen LogP contribution in [-0.4, -0.2) is 0 Å². The summed E-state index contributed by atoms with van der Waals surface area (Å²) in [5, 5.41) is 8.48. The van der Waals surface area contributed by atoms with Crippen LogP contribution in [0.25, 0.3) is 10.8 Å². The van der Waals surface area contributed by atoms with Gasteiger partial charge in [-0.05, 0) is 29.5 Å². The van der Waals surface area contributed by atoms with E-state index in [4.69, 9.17) is 16.7 Å². The van der Waals surface area contributed by atoms with Crippen LogP contribution in [0.3, 0.4) is 0 Å². The fourth-order valence-corrected chi connectivity index (χ4v) is 2.05. The standard InChI is InChI=1S/C10H8ClNS/c11-9-5-1-4-8-7(9)3-2-6-10(8)13-12/h1-6H,12H2. The highest BCUT2D eigenvalue weighted by atomic mass is 35.5. The SMILES string of the molecule is NSc1cccc2c(Cl)cccc12. The molecule has 1 nitrogen and oxygen atoms in total. The van der Waals surface area contributed by atoms with Crippen molar-refractivity contribution in [1.82, 2.24) is 0 Å². The van der Waals surface area contributed by atoms with Crippen LogP contribution in [-0.2, 0) is 0 Å². The van der Waals surface area contributed by atoms with Crippen molar-refractivity contribution < 1.29 is 0 Å². The van der Waals surface area contributed by atoms with Gasteiger partial charge >= 0.3 is 0 Å². The van der Waals surface area contributed by atoms with Gasteiger partial charge in [-0.2, -0.15) is 0 Å². The van der Waals surface area contributed by atoms with Crippen LogP contribution in [0, 0.1) is 0 Å². The van der Waals surface area contributed by atoms with E-state index in [2.05, 4.69) is 0 Å². The first-order valence-corrected chi connectivity index (χ1v) is 5.12. The summed E-state index contributed by atoms with van der Waals surface area (Å²) in [6.07, 6.45) is 0. The minimum Gasteiger partial charge on any atom is -0.274 e. The number of nitrogens with two attached hydrogens (primary N) is 1. The Bertz CT molecular complexity index is 442. The quantitative estimate of drug-likeness (QED) is 0.728. The molecule has 13 heavy (non-hydrogen) atoms. The largest absolute Gasteiger partial charge is 0.274 e. The lowest BCUT2D eigenvalue weighted by atomic mass is 10.1. The molecule has 2 rings (SSSR count). The summed E-state index contributed by atoms with van der Waals surface area (Å²) < 4.78 is 0. The molecular weight excluding hydrogens is 202 g/mol. The normalized spacial score (nSPS) is 10.6. The van der Waals surface area contributed by atoms with Crippen LogP contribution >= 0.6 is 23.5 Å². The Hall–Kier alpha value is -0.700. The molecule has 0 atom stereocenters. The first kappa shape index (κ1) is 8.88. The Balaban J connectivity index is 2.84. The minimum atomic E-state index is 0.772. The molecule has 0 amide bonds. The molecule has 0 bridgehead atoms. The van der Waals surface area contributed by atoms with E-state index in [1.807, 2.05) is 36.4 Å². The van der Waals surface area contributed by atoms with Gasteiger partial charge in [0, 0.05) is 15.3 Å². The van der Waals surface area contributed by atoms with Gasteiger partial charge in [0.05, 0.1) is 0 Å². The van der Waals surface area contributed by atoms with E-state index in [0.717, 1.165) is 20.7 Å². The molecule has 2 N–H and O–H groups in total. The maximum Gasteiger partial charge on any atom is 0.0484 e. The number of rotatable bonds is 1. The number of hydrogen-bond acceptors (Lipinski definition) is 2. The molecule has 66 valence electrons. The maximum absolute atomic E-state index is 6.04. The van der Waals surface area contributed by atoms with Crippen molar-refractivity contribution in [2.45, 2.75) is 4.90 Å². The third-order valence-corrected chi connectivity index (χ3v) is 2.90. The molecule has 3 heteroatoms. The van der Waals surface area contributed by atoms with Crippen molar-refractivity contribution in [3.05, 3.63) is 41.4 Å². The van der Waals surface area contributed by atoms with Crippen LogP contribution in [0.1, 0.15) is 0 Å². The molecule has 0 aromatic heterocycles. The average molecular weight is 210 g/mol. The summed E-state index contributed by atoms with van der Waals surface area (Å²) in [6, 6.07) is 11.8. The van der Waals surface area contributed by atoms with E-state index < -0.39 is 0 Å². The monoisotopic (exact) mass is 209 g/mol. The van der Waals surface area contributed by atoms with E-state index in [1.54, 1.807) is 0 Å². The van der Waals surface area contributed by atoms with E-state index in [1.165, 1.54) is 11.9 Å². The summed E-state index contributed by atoms with van der Waals surface area (Å²) in [4.78, 5) is 1.06.